The molecule has 4 aromatic heterocycles. The van der Waals surface area contributed by atoms with Crippen LogP contribution in [0, 0.1) is 27.7 Å². The number of ether oxygens (including phenoxy) is 7. The fourth-order valence-electron chi connectivity index (χ4n) is 6.58. The van der Waals surface area contributed by atoms with Gasteiger partial charge in [-0.1, -0.05) is 20.6 Å². The summed E-state index contributed by atoms with van der Waals surface area (Å²) in [5.41, 5.74) is 5.01. The van der Waals surface area contributed by atoms with Crippen molar-refractivity contribution >= 4 is 0 Å². The Morgan fingerprint density at radius 1 is 0.433 bits per heavy atom. The molecule has 0 unspecified atom stereocenters. The molecule has 0 radical (unpaired) electrons. The molecule has 0 N–H and O–H groups in total. The Morgan fingerprint density at radius 2 is 0.776 bits per heavy atom. The predicted molar refractivity (Wildman–Crippen MR) is 221 cm³/mol. The summed E-state index contributed by atoms with van der Waals surface area (Å²) < 4.78 is 136. The number of nitrogens with zero attached hydrogens (tertiary/aromatic N) is 6. The molecule has 0 amide bonds. The van der Waals surface area contributed by atoms with Gasteiger partial charge in [0.05, 0.1) is 79.3 Å². The lowest BCUT2D eigenvalue weighted by atomic mass is 10.1. The summed E-state index contributed by atoms with van der Waals surface area (Å²) in [7, 11) is 0. The number of benzene rings is 2. The van der Waals surface area contributed by atoms with E-state index in [1.165, 1.54) is 0 Å². The van der Waals surface area contributed by atoms with Gasteiger partial charge in [-0.05, 0) is 87.1 Å². The van der Waals surface area contributed by atoms with Crippen molar-refractivity contribution in [3.05, 3.63) is 93.3 Å². The van der Waals surface area contributed by atoms with Crippen LogP contribution in [0.2, 0.25) is 0 Å². The Labute approximate surface area is 380 Å². The van der Waals surface area contributed by atoms with E-state index < -0.39 is 24.1 Å². The van der Waals surface area contributed by atoms with Crippen LogP contribution in [-0.2, 0) is 62.1 Å². The molecule has 0 aliphatic heterocycles. The van der Waals surface area contributed by atoms with Gasteiger partial charge in [0.15, 0.2) is 0 Å². The second-order valence-electron chi connectivity index (χ2n) is 15.1. The quantitative estimate of drug-likeness (QED) is 0.0334. The average molecular weight is 953 g/mol. The first-order chi connectivity index (χ1) is 32.1. The lowest BCUT2D eigenvalue weighted by molar-refractivity contribution is -0.160. The van der Waals surface area contributed by atoms with Crippen LogP contribution in [0.5, 0.6) is 11.5 Å². The third-order valence-corrected chi connectivity index (χ3v) is 9.61. The van der Waals surface area contributed by atoms with Gasteiger partial charge in [-0.3, -0.25) is 0 Å². The molecule has 0 atom stereocenters. The lowest BCUT2D eigenvalue weighted by Crippen LogP contribution is -2.13. The third-order valence-electron chi connectivity index (χ3n) is 9.61. The normalized spacial score (nSPS) is 12.1. The van der Waals surface area contributed by atoms with E-state index in [1.54, 1.807) is 52.0 Å². The number of rotatable bonds is 28. The molecule has 67 heavy (non-hydrogen) atoms. The Balaban J connectivity index is 0.719. The van der Waals surface area contributed by atoms with Crippen molar-refractivity contribution in [3.63, 3.8) is 0 Å². The van der Waals surface area contributed by atoms with Crippen LogP contribution in [-0.4, -0.2) is 96.7 Å². The molecule has 0 saturated heterocycles. The fourth-order valence-corrected chi connectivity index (χ4v) is 6.58. The maximum atomic E-state index is 12.8. The molecule has 0 aliphatic carbocycles. The van der Waals surface area contributed by atoms with E-state index in [4.69, 9.17) is 42.2 Å². The first-order valence-corrected chi connectivity index (χ1v) is 21.2. The number of alkyl halides is 6. The van der Waals surface area contributed by atoms with Crippen molar-refractivity contribution in [2.45, 2.75) is 78.9 Å². The molecule has 6 aromatic rings. The minimum atomic E-state index is -4.72. The van der Waals surface area contributed by atoms with Crippen LogP contribution in [0.4, 0.5) is 26.3 Å². The molecule has 0 bridgehead atoms. The highest BCUT2D eigenvalue weighted by molar-refractivity contribution is 5.62. The van der Waals surface area contributed by atoms with Gasteiger partial charge in [-0.25, -0.2) is 0 Å². The number of halogens is 6. The van der Waals surface area contributed by atoms with E-state index in [9.17, 15) is 26.3 Å². The lowest BCUT2D eigenvalue weighted by Gasteiger charge is -2.13. The van der Waals surface area contributed by atoms with E-state index in [2.05, 4.69) is 39.6 Å². The summed E-state index contributed by atoms with van der Waals surface area (Å²) in [6, 6.07) is 10.3. The predicted octanol–water partition coefficient (Wildman–Crippen LogP) is 8.84. The monoisotopic (exact) mass is 952 g/mol. The molecule has 4 heterocycles. The topological polar surface area (TPSA) is 195 Å². The fraction of sp³-hybridized carbons (Fsp3) is 0.500. The molecule has 0 saturated carbocycles. The zero-order valence-electron chi connectivity index (χ0n) is 37.2. The van der Waals surface area contributed by atoms with Gasteiger partial charge in [0, 0.05) is 36.1 Å². The summed E-state index contributed by atoms with van der Waals surface area (Å²) in [5, 5.41) is 15.0. The first kappa shape index (κ1) is 50.5. The van der Waals surface area contributed by atoms with E-state index in [-0.39, 0.29) is 24.9 Å². The SMILES string of the molecule is Cc1cc(-c2noc(C(F)(F)F)n2)cc(C)c1OCCCc1cc(COCCOCCOCCOCCOCc2cc(CCCOc3c(C)cc(-c4noc(C(F)(F)F)n4)cc3C)on2)no1. The summed E-state index contributed by atoms with van der Waals surface area (Å²) in [6.07, 6.45) is -6.99. The van der Waals surface area contributed by atoms with Crippen LogP contribution in [0.1, 0.15) is 69.8 Å². The summed E-state index contributed by atoms with van der Waals surface area (Å²) >= 11 is 0. The van der Waals surface area contributed by atoms with Gasteiger partial charge in [-0.15, -0.1) is 0 Å². The minimum absolute atomic E-state index is 0.149. The van der Waals surface area contributed by atoms with Crippen molar-refractivity contribution in [1.82, 2.24) is 30.6 Å². The molecular formula is C44H50F6N6O11. The molecule has 364 valence electrons. The smallest absolute Gasteiger partial charge is 0.471 e. The van der Waals surface area contributed by atoms with Crippen LogP contribution in [0.15, 0.2) is 54.5 Å². The second kappa shape index (κ2) is 24.2. The summed E-state index contributed by atoms with van der Waals surface area (Å²) in [4.78, 5) is 6.90. The van der Waals surface area contributed by atoms with Gasteiger partial charge < -0.3 is 51.3 Å². The standard InChI is InChI=1S/C44H50F6N6O11/c1-27-19-31(39-51-41(66-55-39)43(45,46)47)20-28(2)37(27)62-9-5-7-35-23-33(53-64-35)25-60-17-15-58-13-11-57-12-14-59-16-18-61-26-34-24-36(65-54-34)8-6-10-63-38-29(3)21-32(22-30(38)4)40-52-42(67-56-40)44(48,49)50/h19-24H,5-18,25-26H2,1-4H3. The molecule has 23 heteroatoms. The highest BCUT2D eigenvalue weighted by Gasteiger charge is 2.39. The van der Waals surface area contributed by atoms with E-state index >= 15 is 0 Å². The van der Waals surface area contributed by atoms with E-state index in [1.807, 2.05) is 12.1 Å². The number of aryl methyl sites for hydroxylation is 6. The van der Waals surface area contributed by atoms with Crippen molar-refractivity contribution in [2.75, 3.05) is 66.1 Å². The number of hydrogen-bond acceptors (Lipinski definition) is 17. The minimum Gasteiger partial charge on any atom is -0.493 e. The van der Waals surface area contributed by atoms with Crippen LogP contribution < -0.4 is 9.47 Å². The summed E-state index contributed by atoms with van der Waals surface area (Å²) in [5.74, 6) is -0.463. The van der Waals surface area contributed by atoms with Crippen molar-refractivity contribution in [2.24, 2.45) is 0 Å². The van der Waals surface area contributed by atoms with Crippen molar-refractivity contribution in [1.29, 1.82) is 0 Å². The maximum Gasteiger partial charge on any atom is 0.471 e. The number of hydrogen-bond donors (Lipinski definition) is 0. The molecule has 17 nitrogen and oxygen atoms in total. The van der Waals surface area contributed by atoms with Crippen molar-refractivity contribution < 1.29 is 77.6 Å². The largest absolute Gasteiger partial charge is 0.493 e. The highest BCUT2D eigenvalue weighted by atomic mass is 19.4. The molecule has 2 aromatic carbocycles. The molecule has 0 fully saturated rings. The van der Waals surface area contributed by atoms with Crippen LogP contribution in [0.3, 0.4) is 0 Å². The van der Waals surface area contributed by atoms with E-state index in [0.717, 1.165) is 22.3 Å². The summed E-state index contributed by atoms with van der Waals surface area (Å²) in [6.45, 7) is 11.6. The Hall–Kier alpha value is -5.88. The molecular weight excluding hydrogens is 903 g/mol. The van der Waals surface area contributed by atoms with Gasteiger partial charge >= 0.3 is 24.1 Å². The Morgan fingerprint density at radius 3 is 1.10 bits per heavy atom. The van der Waals surface area contributed by atoms with Gasteiger partial charge in [-0.2, -0.15) is 36.3 Å². The van der Waals surface area contributed by atoms with E-state index in [0.29, 0.717) is 137 Å². The van der Waals surface area contributed by atoms with Crippen LogP contribution >= 0.6 is 0 Å². The second-order valence-corrected chi connectivity index (χ2v) is 15.1. The third kappa shape index (κ3) is 15.6. The van der Waals surface area contributed by atoms with Gasteiger partial charge in [0.1, 0.15) is 34.4 Å². The molecule has 6 rings (SSSR count). The highest BCUT2D eigenvalue weighted by Crippen LogP contribution is 2.34. The van der Waals surface area contributed by atoms with Gasteiger partial charge in [0.25, 0.3) is 0 Å². The molecule has 0 spiro atoms. The maximum absolute atomic E-state index is 12.8. The zero-order valence-corrected chi connectivity index (χ0v) is 37.2. The number of aromatic nitrogens is 6. The molecule has 0 aliphatic rings. The zero-order chi connectivity index (χ0) is 47.8. The first-order valence-electron chi connectivity index (χ1n) is 21.2. The average Bonchev–Trinajstić information content (AvgIpc) is 4.12. The Bertz CT molecular complexity index is 2240. The Kier molecular flexibility index (Phi) is 18.3. The van der Waals surface area contributed by atoms with Crippen molar-refractivity contribution in [3.8, 4) is 34.3 Å². The van der Waals surface area contributed by atoms with Gasteiger partial charge in [0.2, 0.25) is 11.6 Å². The van der Waals surface area contributed by atoms with Crippen LogP contribution in [0.25, 0.3) is 22.8 Å².